The second-order valence-corrected chi connectivity index (χ2v) is 9.14. The van der Waals surface area contributed by atoms with Crippen LogP contribution in [-0.4, -0.2) is 44.5 Å². The van der Waals surface area contributed by atoms with Crippen LogP contribution in [0.4, 0.5) is 11.4 Å². The third kappa shape index (κ3) is 4.00. The highest BCUT2D eigenvalue weighted by Gasteiger charge is 2.61. The van der Waals surface area contributed by atoms with Gasteiger partial charge in [0.15, 0.2) is 6.61 Å². The number of imide groups is 1. The average Bonchev–Trinajstić information content (AvgIpc) is 3.56. The Hall–Kier alpha value is -3.88. The van der Waals surface area contributed by atoms with E-state index in [4.69, 9.17) is 14.2 Å². The van der Waals surface area contributed by atoms with Gasteiger partial charge in [-0.05, 0) is 61.4 Å². The number of amides is 3. The quantitative estimate of drug-likeness (QED) is 0.481. The van der Waals surface area contributed by atoms with Gasteiger partial charge in [-0.15, -0.1) is 0 Å². The lowest BCUT2D eigenvalue weighted by Gasteiger charge is -2.19. The van der Waals surface area contributed by atoms with E-state index in [1.54, 1.807) is 30.3 Å². The van der Waals surface area contributed by atoms with Gasteiger partial charge in [-0.25, -0.2) is 4.79 Å². The SMILES string of the molecule is COc1ccc(OC)c(NC(=O)COC(=O)c2cccc(N3C(=O)[C@@H]4[C@H]5CC[C@@H](C5)[C@H]4C3=O)c2)c1. The average molecular weight is 479 g/mol. The molecule has 2 saturated carbocycles. The fourth-order valence-corrected chi connectivity index (χ4v) is 5.75. The van der Waals surface area contributed by atoms with Gasteiger partial charge in [-0.2, -0.15) is 0 Å². The number of anilines is 2. The third-order valence-corrected chi connectivity index (χ3v) is 7.28. The minimum Gasteiger partial charge on any atom is -0.497 e. The van der Waals surface area contributed by atoms with Gasteiger partial charge in [0.2, 0.25) is 11.8 Å². The van der Waals surface area contributed by atoms with Crippen molar-refractivity contribution in [3.8, 4) is 11.5 Å². The molecule has 0 unspecified atom stereocenters. The smallest absolute Gasteiger partial charge is 0.338 e. The van der Waals surface area contributed by atoms with Crippen molar-refractivity contribution in [1.82, 2.24) is 0 Å². The van der Waals surface area contributed by atoms with Gasteiger partial charge in [-0.3, -0.25) is 19.3 Å². The largest absolute Gasteiger partial charge is 0.497 e. The normalized spacial score (nSPS) is 24.3. The standard InChI is InChI=1S/C26H26N2O7/c1-33-18-8-9-20(34-2)19(12-18)27-21(29)13-35-26(32)16-4-3-5-17(11-16)28-24(30)22-14-6-7-15(10-14)23(22)25(28)31/h3-5,8-9,11-12,14-15,22-23H,6-7,10,13H2,1-2H3,(H,27,29)/t14-,15-,22+,23+/m0/s1. The van der Waals surface area contributed by atoms with E-state index in [0.717, 1.165) is 19.3 Å². The highest BCUT2D eigenvalue weighted by Crippen LogP contribution is 2.56. The highest BCUT2D eigenvalue weighted by molar-refractivity contribution is 6.22. The monoisotopic (exact) mass is 478 g/mol. The molecule has 0 radical (unpaired) electrons. The van der Waals surface area contributed by atoms with E-state index in [1.807, 2.05) is 0 Å². The molecule has 0 aromatic heterocycles. The molecule has 3 aliphatic rings. The molecule has 2 aromatic rings. The van der Waals surface area contributed by atoms with Crippen LogP contribution < -0.4 is 19.7 Å². The predicted octanol–water partition coefficient (Wildman–Crippen LogP) is 3.03. The maximum absolute atomic E-state index is 13.1. The lowest BCUT2D eigenvalue weighted by molar-refractivity contribution is -0.123. The molecule has 9 heteroatoms. The highest BCUT2D eigenvalue weighted by atomic mass is 16.5. The number of ether oxygens (including phenoxy) is 3. The van der Waals surface area contributed by atoms with Crippen molar-refractivity contribution < 1.29 is 33.4 Å². The van der Waals surface area contributed by atoms with Crippen LogP contribution in [0.5, 0.6) is 11.5 Å². The summed E-state index contributed by atoms with van der Waals surface area (Å²) >= 11 is 0. The van der Waals surface area contributed by atoms with Gasteiger partial charge in [-0.1, -0.05) is 6.07 Å². The van der Waals surface area contributed by atoms with E-state index in [-0.39, 0.29) is 41.0 Å². The minimum atomic E-state index is -0.737. The number of carbonyl (C=O) groups excluding carboxylic acids is 4. The van der Waals surface area contributed by atoms with Crippen molar-refractivity contribution in [2.45, 2.75) is 19.3 Å². The number of nitrogens with zero attached hydrogens (tertiary/aromatic N) is 1. The molecule has 3 fully saturated rings. The molecule has 4 atom stereocenters. The molecular weight excluding hydrogens is 452 g/mol. The number of nitrogens with one attached hydrogen (secondary N) is 1. The molecule has 2 bridgehead atoms. The Balaban J connectivity index is 1.24. The number of benzene rings is 2. The molecule has 1 heterocycles. The summed E-state index contributed by atoms with van der Waals surface area (Å²) in [4.78, 5) is 52.4. The number of methoxy groups -OCH3 is 2. The van der Waals surface area contributed by atoms with Gasteiger partial charge in [0.1, 0.15) is 11.5 Å². The van der Waals surface area contributed by atoms with Crippen LogP contribution >= 0.6 is 0 Å². The third-order valence-electron chi connectivity index (χ3n) is 7.28. The van der Waals surface area contributed by atoms with Crippen LogP contribution in [0, 0.1) is 23.7 Å². The van der Waals surface area contributed by atoms with Gasteiger partial charge in [0.05, 0.1) is 43.0 Å². The fraction of sp³-hybridized carbons (Fsp3) is 0.385. The zero-order chi connectivity index (χ0) is 24.7. The number of esters is 1. The summed E-state index contributed by atoms with van der Waals surface area (Å²) in [6, 6.07) is 11.1. The lowest BCUT2D eigenvalue weighted by Crippen LogP contribution is -2.32. The Morgan fingerprint density at radius 3 is 2.34 bits per heavy atom. The molecular formula is C26H26N2O7. The molecule has 35 heavy (non-hydrogen) atoms. The predicted molar refractivity (Wildman–Crippen MR) is 125 cm³/mol. The van der Waals surface area contributed by atoms with Crippen LogP contribution in [-0.2, 0) is 19.1 Å². The van der Waals surface area contributed by atoms with Gasteiger partial charge in [0, 0.05) is 6.07 Å². The van der Waals surface area contributed by atoms with Crippen molar-refractivity contribution >= 4 is 35.1 Å². The fourth-order valence-electron chi connectivity index (χ4n) is 5.75. The molecule has 1 saturated heterocycles. The summed E-state index contributed by atoms with van der Waals surface area (Å²) < 4.78 is 15.6. The van der Waals surface area contributed by atoms with Crippen LogP contribution in [0.3, 0.4) is 0 Å². The van der Waals surface area contributed by atoms with Crippen LogP contribution in [0.2, 0.25) is 0 Å². The van der Waals surface area contributed by atoms with Crippen molar-refractivity contribution in [3.05, 3.63) is 48.0 Å². The van der Waals surface area contributed by atoms with E-state index in [2.05, 4.69) is 5.32 Å². The molecule has 2 aromatic carbocycles. The summed E-state index contributed by atoms with van der Waals surface area (Å²) in [5, 5.41) is 2.63. The molecule has 9 nitrogen and oxygen atoms in total. The lowest BCUT2D eigenvalue weighted by atomic mass is 9.81. The summed E-state index contributed by atoms with van der Waals surface area (Å²) in [5.74, 6) is -0.623. The molecule has 5 rings (SSSR count). The number of hydrogen-bond donors (Lipinski definition) is 1. The minimum absolute atomic E-state index is 0.148. The number of rotatable bonds is 7. The Morgan fingerprint density at radius 1 is 0.971 bits per heavy atom. The van der Waals surface area contributed by atoms with Crippen molar-refractivity contribution in [3.63, 3.8) is 0 Å². The first-order chi connectivity index (χ1) is 16.9. The first kappa shape index (κ1) is 22.9. The zero-order valence-corrected chi connectivity index (χ0v) is 19.5. The number of hydrogen-bond acceptors (Lipinski definition) is 7. The summed E-state index contributed by atoms with van der Waals surface area (Å²) in [6.07, 6.45) is 2.94. The molecule has 3 amide bonds. The molecule has 1 aliphatic heterocycles. The Kier molecular flexibility index (Phi) is 5.92. The van der Waals surface area contributed by atoms with Gasteiger partial charge < -0.3 is 19.5 Å². The Labute approximate surface area is 202 Å². The summed E-state index contributed by atoms with van der Waals surface area (Å²) in [6.45, 7) is -0.529. The van der Waals surface area contributed by atoms with Crippen LogP contribution in [0.25, 0.3) is 0 Å². The second kappa shape index (κ2) is 9.05. The van der Waals surface area contributed by atoms with Crippen LogP contribution in [0.15, 0.2) is 42.5 Å². The Bertz CT molecular complexity index is 1180. The second-order valence-electron chi connectivity index (χ2n) is 9.14. The number of carbonyl (C=O) groups is 4. The van der Waals surface area contributed by atoms with Gasteiger partial charge in [0.25, 0.3) is 5.91 Å². The topological polar surface area (TPSA) is 111 Å². The van der Waals surface area contributed by atoms with Crippen molar-refractivity contribution in [1.29, 1.82) is 0 Å². The first-order valence-electron chi connectivity index (χ1n) is 11.6. The molecule has 0 spiro atoms. The molecule has 1 N–H and O–H groups in total. The summed E-state index contributed by atoms with van der Waals surface area (Å²) in [7, 11) is 2.97. The van der Waals surface area contributed by atoms with Crippen molar-refractivity contribution in [2.24, 2.45) is 23.7 Å². The van der Waals surface area contributed by atoms with E-state index in [0.29, 0.717) is 22.9 Å². The van der Waals surface area contributed by atoms with Crippen molar-refractivity contribution in [2.75, 3.05) is 31.0 Å². The Morgan fingerprint density at radius 2 is 1.69 bits per heavy atom. The number of fused-ring (bicyclic) bond motifs is 5. The summed E-state index contributed by atoms with van der Waals surface area (Å²) in [5.41, 5.74) is 0.879. The maximum Gasteiger partial charge on any atom is 0.338 e. The molecule has 2 aliphatic carbocycles. The first-order valence-corrected chi connectivity index (χ1v) is 11.6. The van der Waals surface area contributed by atoms with Crippen LogP contribution in [0.1, 0.15) is 29.6 Å². The van der Waals surface area contributed by atoms with E-state index < -0.39 is 18.5 Å². The van der Waals surface area contributed by atoms with E-state index >= 15 is 0 Å². The molecule has 182 valence electrons. The van der Waals surface area contributed by atoms with E-state index in [1.165, 1.54) is 31.3 Å². The zero-order valence-electron chi connectivity index (χ0n) is 19.5. The van der Waals surface area contributed by atoms with E-state index in [9.17, 15) is 19.2 Å². The maximum atomic E-state index is 13.1. The van der Waals surface area contributed by atoms with Gasteiger partial charge >= 0.3 is 5.97 Å².